The predicted molar refractivity (Wildman–Crippen MR) is 74.8 cm³/mol. The molecule has 2 aromatic rings. The van der Waals surface area contributed by atoms with Crippen LogP contribution in [0.25, 0.3) is 0 Å². The van der Waals surface area contributed by atoms with Crippen LogP contribution in [-0.4, -0.2) is 13.0 Å². The number of hydrazine groups is 1. The van der Waals surface area contributed by atoms with Gasteiger partial charge in [0.1, 0.15) is 5.75 Å². The SMILES string of the molecule is COc1cccc(N(N)C(=O)Cc2ccccc2)c1. The van der Waals surface area contributed by atoms with E-state index in [2.05, 4.69) is 0 Å². The van der Waals surface area contributed by atoms with Crippen LogP contribution in [0.2, 0.25) is 0 Å². The molecule has 98 valence electrons. The Balaban J connectivity index is 2.10. The second-order valence-electron chi connectivity index (χ2n) is 4.13. The van der Waals surface area contributed by atoms with Crippen molar-refractivity contribution in [1.82, 2.24) is 0 Å². The molecule has 0 saturated carbocycles. The third-order valence-corrected chi connectivity index (χ3v) is 2.80. The molecule has 0 saturated heterocycles. The number of benzene rings is 2. The topological polar surface area (TPSA) is 55.6 Å². The van der Waals surface area contributed by atoms with E-state index in [0.717, 1.165) is 10.6 Å². The highest BCUT2D eigenvalue weighted by Crippen LogP contribution is 2.19. The lowest BCUT2D eigenvalue weighted by atomic mass is 10.1. The number of ether oxygens (including phenoxy) is 1. The van der Waals surface area contributed by atoms with Crippen molar-refractivity contribution in [3.63, 3.8) is 0 Å². The molecule has 19 heavy (non-hydrogen) atoms. The average Bonchev–Trinajstić information content (AvgIpc) is 2.47. The van der Waals surface area contributed by atoms with Gasteiger partial charge in [0, 0.05) is 6.07 Å². The fourth-order valence-corrected chi connectivity index (χ4v) is 1.76. The van der Waals surface area contributed by atoms with Gasteiger partial charge in [0.25, 0.3) is 0 Å². The van der Waals surface area contributed by atoms with Crippen LogP contribution in [-0.2, 0) is 11.2 Å². The number of carbonyl (C=O) groups is 1. The molecule has 0 unspecified atom stereocenters. The molecule has 0 aromatic heterocycles. The second kappa shape index (κ2) is 6.02. The molecular weight excluding hydrogens is 240 g/mol. The van der Waals surface area contributed by atoms with Crippen molar-refractivity contribution in [3.05, 3.63) is 60.2 Å². The highest BCUT2D eigenvalue weighted by atomic mass is 16.5. The van der Waals surface area contributed by atoms with Crippen LogP contribution in [0.5, 0.6) is 5.75 Å². The standard InChI is InChI=1S/C15H16N2O2/c1-19-14-9-5-8-13(11-14)17(16)15(18)10-12-6-3-2-4-7-12/h2-9,11H,10,16H2,1H3. The van der Waals surface area contributed by atoms with E-state index in [1.807, 2.05) is 30.3 Å². The predicted octanol–water partition coefficient (Wildman–Crippen LogP) is 2.14. The molecule has 4 heteroatoms. The Hall–Kier alpha value is -2.33. The number of nitrogens with zero attached hydrogens (tertiary/aromatic N) is 1. The van der Waals surface area contributed by atoms with Crippen molar-refractivity contribution in [2.24, 2.45) is 5.84 Å². The lowest BCUT2D eigenvalue weighted by Gasteiger charge is -2.17. The van der Waals surface area contributed by atoms with Crippen LogP contribution in [0.3, 0.4) is 0 Å². The van der Waals surface area contributed by atoms with Crippen LogP contribution >= 0.6 is 0 Å². The molecule has 0 radical (unpaired) electrons. The summed E-state index contributed by atoms with van der Waals surface area (Å²) >= 11 is 0. The van der Waals surface area contributed by atoms with Crippen LogP contribution < -0.4 is 15.6 Å². The number of methoxy groups -OCH3 is 1. The Morgan fingerprint density at radius 3 is 2.58 bits per heavy atom. The minimum atomic E-state index is -0.167. The minimum absolute atomic E-state index is 0.167. The van der Waals surface area contributed by atoms with Crippen LogP contribution in [0.1, 0.15) is 5.56 Å². The fourth-order valence-electron chi connectivity index (χ4n) is 1.76. The largest absolute Gasteiger partial charge is 0.497 e. The Morgan fingerprint density at radius 1 is 1.16 bits per heavy atom. The summed E-state index contributed by atoms with van der Waals surface area (Å²) in [4.78, 5) is 12.1. The van der Waals surface area contributed by atoms with Gasteiger partial charge in [0.05, 0.1) is 19.2 Å². The molecule has 0 fully saturated rings. The summed E-state index contributed by atoms with van der Waals surface area (Å²) in [6.45, 7) is 0. The molecule has 0 atom stereocenters. The molecule has 2 rings (SSSR count). The second-order valence-corrected chi connectivity index (χ2v) is 4.13. The summed E-state index contributed by atoms with van der Waals surface area (Å²) in [7, 11) is 1.58. The van der Waals surface area contributed by atoms with E-state index in [1.54, 1.807) is 31.4 Å². The number of nitrogens with two attached hydrogens (primary N) is 1. The summed E-state index contributed by atoms with van der Waals surface area (Å²) in [5.74, 6) is 6.34. The Morgan fingerprint density at radius 2 is 1.89 bits per heavy atom. The van der Waals surface area contributed by atoms with E-state index in [4.69, 9.17) is 10.6 Å². The first kappa shape index (κ1) is 13.1. The summed E-state index contributed by atoms with van der Waals surface area (Å²) in [5.41, 5.74) is 1.55. The van der Waals surface area contributed by atoms with Gasteiger partial charge in [-0.15, -0.1) is 0 Å². The lowest BCUT2D eigenvalue weighted by molar-refractivity contribution is -0.118. The number of hydrogen-bond donors (Lipinski definition) is 1. The fraction of sp³-hybridized carbons (Fsp3) is 0.133. The summed E-state index contributed by atoms with van der Waals surface area (Å²) in [6.07, 6.45) is 0.272. The molecule has 0 spiro atoms. The lowest BCUT2D eigenvalue weighted by Crippen LogP contribution is -2.38. The van der Waals surface area contributed by atoms with Crippen molar-refractivity contribution in [3.8, 4) is 5.75 Å². The van der Waals surface area contributed by atoms with E-state index >= 15 is 0 Å². The van der Waals surface area contributed by atoms with Gasteiger partial charge in [-0.25, -0.2) is 10.9 Å². The van der Waals surface area contributed by atoms with Crippen molar-refractivity contribution in [1.29, 1.82) is 0 Å². The van der Waals surface area contributed by atoms with Crippen LogP contribution in [0.15, 0.2) is 54.6 Å². The summed E-state index contributed by atoms with van der Waals surface area (Å²) in [5, 5.41) is 1.15. The van der Waals surface area contributed by atoms with Crippen molar-refractivity contribution in [2.75, 3.05) is 12.1 Å². The van der Waals surface area contributed by atoms with E-state index in [1.165, 1.54) is 0 Å². The first-order valence-corrected chi connectivity index (χ1v) is 5.96. The van der Waals surface area contributed by atoms with Crippen molar-refractivity contribution < 1.29 is 9.53 Å². The molecule has 2 aromatic carbocycles. The van der Waals surface area contributed by atoms with Crippen LogP contribution in [0.4, 0.5) is 5.69 Å². The third-order valence-electron chi connectivity index (χ3n) is 2.80. The summed E-state index contributed by atoms with van der Waals surface area (Å²) in [6, 6.07) is 16.6. The Bertz CT molecular complexity index is 555. The molecule has 0 heterocycles. The van der Waals surface area contributed by atoms with Gasteiger partial charge < -0.3 is 4.74 Å². The van der Waals surface area contributed by atoms with E-state index in [-0.39, 0.29) is 12.3 Å². The molecule has 1 amide bonds. The minimum Gasteiger partial charge on any atom is -0.497 e. The normalized spacial score (nSPS) is 10.0. The zero-order valence-electron chi connectivity index (χ0n) is 10.7. The van der Waals surface area contributed by atoms with Gasteiger partial charge in [-0.3, -0.25) is 4.79 Å². The van der Waals surface area contributed by atoms with Crippen molar-refractivity contribution in [2.45, 2.75) is 6.42 Å². The van der Waals surface area contributed by atoms with Crippen LogP contribution in [0, 0.1) is 0 Å². The van der Waals surface area contributed by atoms with E-state index in [9.17, 15) is 4.79 Å². The van der Waals surface area contributed by atoms with Crippen molar-refractivity contribution >= 4 is 11.6 Å². The first-order chi connectivity index (χ1) is 9.20. The molecule has 4 nitrogen and oxygen atoms in total. The van der Waals surface area contributed by atoms with Gasteiger partial charge >= 0.3 is 0 Å². The highest BCUT2D eigenvalue weighted by Gasteiger charge is 2.12. The van der Waals surface area contributed by atoms with Gasteiger partial charge in [0.2, 0.25) is 5.91 Å². The number of hydrogen-bond acceptors (Lipinski definition) is 3. The quantitative estimate of drug-likeness (QED) is 0.518. The molecule has 0 bridgehead atoms. The number of rotatable bonds is 4. The maximum Gasteiger partial charge on any atom is 0.245 e. The highest BCUT2D eigenvalue weighted by molar-refractivity contribution is 5.93. The molecule has 0 aliphatic carbocycles. The van der Waals surface area contributed by atoms with Gasteiger partial charge in [0.15, 0.2) is 0 Å². The zero-order valence-corrected chi connectivity index (χ0v) is 10.7. The maximum atomic E-state index is 12.1. The third kappa shape index (κ3) is 3.33. The Labute approximate surface area is 112 Å². The number of anilines is 1. The molecular formula is C15H16N2O2. The van der Waals surface area contributed by atoms with E-state index < -0.39 is 0 Å². The molecule has 0 aliphatic rings. The molecule has 0 aliphatic heterocycles. The smallest absolute Gasteiger partial charge is 0.245 e. The summed E-state index contributed by atoms with van der Waals surface area (Å²) < 4.78 is 5.11. The van der Waals surface area contributed by atoms with Gasteiger partial charge in [-0.2, -0.15) is 0 Å². The maximum absolute atomic E-state index is 12.1. The zero-order chi connectivity index (χ0) is 13.7. The van der Waals surface area contributed by atoms with Gasteiger partial charge in [-0.05, 0) is 17.7 Å². The Kier molecular flexibility index (Phi) is 4.15. The monoisotopic (exact) mass is 256 g/mol. The average molecular weight is 256 g/mol. The number of amides is 1. The first-order valence-electron chi connectivity index (χ1n) is 5.96. The van der Waals surface area contributed by atoms with Gasteiger partial charge in [-0.1, -0.05) is 36.4 Å². The van der Waals surface area contributed by atoms with E-state index in [0.29, 0.717) is 11.4 Å². The number of carbonyl (C=O) groups excluding carboxylic acids is 1. The molecule has 2 N–H and O–H groups in total.